The number of hydrogen-bond acceptors (Lipinski definition) is 5. The molecule has 2 aromatic heterocycles. The van der Waals surface area contributed by atoms with Gasteiger partial charge in [0.2, 0.25) is 0 Å². The van der Waals surface area contributed by atoms with E-state index in [2.05, 4.69) is 10.00 Å². The smallest absolute Gasteiger partial charge is 0.178 e. The number of nitrogens with two attached hydrogens (primary N) is 1. The summed E-state index contributed by atoms with van der Waals surface area (Å²) in [6, 6.07) is 7.13. The number of nitrogens with zero attached hydrogens (tertiary/aromatic N) is 4. The average molecular weight is 355 g/mol. The van der Waals surface area contributed by atoms with Gasteiger partial charge >= 0.3 is 0 Å². The predicted molar refractivity (Wildman–Crippen MR) is 99.2 cm³/mol. The Bertz CT molecular complexity index is 984. The third-order valence-electron chi connectivity index (χ3n) is 4.85. The highest BCUT2D eigenvalue weighted by molar-refractivity contribution is 5.76. The van der Waals surface area contributed by atoms with Gasteiger partial charge in [-0.1, -0.05) is 0 Å². The highest BCUT2D eigenvalue weighted by Crippen LogP contribution is 2.32. The zero-order valence-electron chi connectivity index (χ0n) is 15.2. The third kappa shape index (κ3) is 2.68. The number of methoxy groups -OCH3 is 1. The van der Waals surface area contributed by atoms with Crippen LogP contribution in [-0.2, 0) is 0 Å². The first kappa shape index (κ1) is 16.8. The van der Waals surface area contributed by atoms with Gasteiger partial charge in [0.25, 0.3) is 0 Å². The van der Waals surface area contributed by atoms with E-state index in [1.54, 1.807) is 6.07 Å². The van der Waals surface area contributed by atoms with Gasteiger partial charge in [-0.2, -0.15) is 5.10 Å². The maximum atomic E-state index is 14.2. The number of ether oxygens (including phenoxy) is 1. The number of aromatic nitrogens is 3. The third-order valence-corrected chi connectivity index (χ3v) is 4.85. The van der Waals surface area contributed by atoms with Crippen LogP contribution in [0.1, 0.15) is 17.8 Å². The second-order valence-corrected chi connectivity index (χ2v) is 6.80. The Hall–Kier alpha value is -2.67. The topological polar surface area (TPSA) is 68.7 Å². The van der Waals surface area contributed by atoms with Crippen molar-refractivity contribution in [2.45, 2.75) is 26.3 Å². The van der Waals surface area contributed by atoms with Crippen molar-refractivity contribution in [2.75, 3.05) is 25.1 Å². The molecular weight excluding hydrogens is 333 g/mol. The first-order valence-corrected chi connectivity index (χ1v) is 8.69. The standard InChI is InChI=1S/C19H22FN5O/c1-11-8-16(24-7-6-14(21)10-24)19-22-12(2)18(25(19)23-11)13-4-5-17(26-3)15(20)9-13/h4-5,8-9,14H,6-7,10,21H2,1-3H3. The van der Waals surface area contributed by atoms with Gasteiger partial charge in [-0.15, -0.1) is 0 Å². The molecule has 1 aliphatic rings. The number of halogens is 1. The molecule has 1 aliphatic heterocycles. The molecule has 136 valence electrons. The summed E-state index contributed by atoms with van der Waals surface area (Å²) in [6.07, 6.45) is 0.962. The van der Waals surface area contributed by atoms with Crippen molar-refractivity contribution < 1.29 is 9.13 Å². The first-order valence-electron chi connectivity index (χ1n) is 8.69. The summed E-state index contributed by atoms with van der Waals surface area (Å²) in [6.45, 7) is 5.57. The van der Waals surface area contributed by atoms with Crippen LogP contribution in [0, 0.1) is 19.7 Å². The molecule has 3 aromatic rings. The summed E-state index contributed by atoms with van der Waals surface area (Å²) in [7, 11) is 1.45. The molecule has 1 fully saturated rings. The maximum absolute atomic E-state index is 14.2. The van der Waals surface area contributed by atoms with Gasteiger partial charge in [0.05, 0.1) is 29.9 Å². The molecule has 0 bridgehead atoms. The SMILES string of the molecule is COc1ccc(-c2c(C)nc3c(N4CCC(N)C4)cc(C)nn23)cc1F. The molecule has 4 rings (SSSR count). The normalized spacial score (nSPS) is 17.3. The van der Waals surface area contributed by atoms with E-state index in [4.69, 9.17) is 15.5 Å². The van der Waals surface area contributed by atoms with Crippen molar-refractivity contribution >= 4 is 11.3 Å². The summed E-state index contributed by atoms with van der Waals surface area (Å²) in [5, 5.41) is 4.64. The molecule has 0 saturated carbocycles. The zero-order chi connectivity index (χ0) is 18.4. The summed E-state index contributed by atoms with van der Waals surface area (Å²) >= 11 is 0. The Morgan fingerprint density at radius 1 is 1.27 bits per heavy atom. The van der Waals surface area contributed by atoms with E-state index in [1.807, 2.05) is 30.5 Å². The molecule has 0 amide bonds. The van der Waals surface area contributed by atoms with Crippen molar-refractivity contribution in [3.63, 3.8) is 0 Å². The van der Waals surface area contributed by atoms with E-state index in [0.717, 1.165) is 53.5 Å². The number of fused-ring (bicyclic) bond motifs is 1. The fourth-order valence-electron chi connectivity index (χ4n) is 3.61. The fraction of sp³-hybridized carbons (Fsp3) is 0.368. The minimum Gasteiger partial charge on any atom is -0.494 e. The molecule has 3 heterocycles. The Morgan fingerprint density at radius 3 is 2.73 bits per heavy atom. The van der Waals surface area contributed by atoms with Crippen LogP contribution >= 0.6 is 0 Å². The second-order valence-electron chi connectivity index (χ2n) is 6.80. The molecule has 0 radical (unpaired) electrons. The highest BCUT2D eigenvalue weighted by Gasteiger charge is 2.24. The predicted octanol–water partition coefficient (Wildman–Crippen LogP) is 2.70. The lowest BCUT2D eigenvalue weighted by Crippen LogP contribution is -2.27. The summed E-state index contributed by atoms with van der Waals surface area (Å²) in [5.41, 5.74) is 11.1. The van der Waals surface area contributed by atoms with Crippen LogP contribution in [0.4, 0.5) is 10.1 Å². The molecule has 1 aromatic carbocycles. The van der Waals surface area contributed by atoms with Crippen LogP contribution in [0.15, 0.2) is 24.3 Å². The van der Waals surface area contributed by atoms with Crippen molar-refractivity contribution in [1.29, 1.82) is 0 Å². The van der Waals surface area contributed by atoms with Gasteiger partial charge in [-0.3, -0.25) is 0 Å². The molecule has 26 heavy (non-hydrogen) atoms. The van der Waals surface area contributed by atoms with Crippen LogP contribution in [0.5, 0.6) is 5.75 Å². The first-order chi connectivity index (χ1) is 12.5. The lowest BCUT2D eigenvalue weighted by Gasteiger charge is -2.19. The number of imidazole rings is 1. The van der Waals surface area contributed by atoms with E-state index in [-0.39, 0.29) is 11.8 Å². The Labute approximate surface area is 151 Å². The molecule has 1 atom stereocenters. The van der Waals surface area contributed by atoms with Crippen LogP contribution in [0.3, 0.4) is 0 Å². The number of hydrogen-bond donors (Lipinski definition) is 1. The Kier molecular flexibility index (Phi) is 4.03. The van der Waals surface area contributed by atoms with Crippen molar-refractivity contribution in [1.82, 2.24) is 14.6 Å². The fourth-order valence-corrected chi connectivity index (χ4v) is 3.61. The largest absolute Gasteiger partial charge is 0.494 e. The maximum Gasteiger partial charge on any atom is 0.178 e. The van der Waals surface area contributed by atoms with Crippen molar-refractivity contribution in [3.05, 3.63) is 41.5 Å². The quantitative estimate of drug-likeness (QED) is 0.782. The van der Waals surface area contributed by atoms with E-state index in [1.165, 1.54) is 13.2 Å². The molecule has 2 N–H and O–H groups in total. The van der Waals surface area contributed by atoms with Crippen LogP contribution < -0.4 is 15.4 Å². The monoisotopic (exact) mass is 355 g/mol. The van der Waals surface area contributed by atoms with E-state index < -0.39 is 5.82 Å². The van der Waals surface area contributed by atoms with Crippen molar-refractivity contribution in [3.8, 4) is 17.0 Å². The summed E-state index contributed by atoms with van der Waals surface area (Å²) < 4.78 is 21.1. The molecule has 6 nitrogen and oxygen atoms in total. The van der Waals surface area contributed by atoms with Gasteiger partial charge in [-0.25, -0.2) is 13.9 Å². The Balaban J connectivity index is 1.90. The highest BCUT2D eigenvalue weighted by atomic mass is 19.1. The van der Waals surface area contributed by atoms with Gasteiger partial charge in [0.1, 0.15) is 0 Å². The van der Waals surface area contributed by atoms with Crippen LogP contribution in [0.25, 0.3) is 16.9 Å². The minimum atomic E-state index is -0.405. The van der Waals surface area contributed by atoms with Gasteiger partial charge in [0.15, 0.2) is 17.2 Å². The lowest BCUT2D eigenvalue weighted by molar-refractivity contribution is 0.386. The molecule has 7 heteroatoms. The number of benzene rings is 1. The van der Waals surface area contributed by atoms with Gasteiger partial charge in [-0.05, 0) is 44.5 Å². The molecule has 1 saturated heterocycles. The summed E-state index contributed by atoms with van der Waals surface area (Å²) in [5.74, 6) is -0.186. The number of anilines is 1. The van der Waals surface area contributed by atoms with Gasteiger partial charge < -0.3 is 15.4 Å². The number of aryl methyl sites for hydroxylation is 2. The van der Waals surface area contributed by atoms with Crippen LogP contribution in [0.2, 0.25) is 0 Å². The second kappa shape index (κ2) is 6.25. The van der Waals surface area contributed by atoms with Crippen molar-refractivity contribution in [2.24, 2.45) is 5.73 Å². The van der Waals surface area contributed by atoms with E-state index in [9.17, 15) is 4.39 Å². The van der Waals surface area contributed by atoms with E-state index >= 15 is 0 Å². The van der Waals surface area contributed by atoms with Gasteiger partial charge in [0, 0.05) is 24.7 Å². The van der Waals surface area contributed by atoms with E-state index in [0.29, 0.717) is 0 Å². The lowest BCUT2D eigenvalue weighted by atomic mass is 10.1. The molecule has 0 aliphatic carbocycles. The number of rotatable bonds is 3. The molecular formula is C19H22FN5O. The molecule has 0 spiro atoms. The zero-order valence-corrected chi connectivity index (χ0v) is 15.2. The average Bonchev–Trinajstić information content (AvgIpc) is 3.17. The Morgan fingerprint density at radius 2 is 2.08 bits per heavy atom. The molecule has 1 unspecified atom stereocenters. The minimum absolute atomic E-state index is 0.176. The summed E-state index contributed by atoms with van der Waals surface area (Å²) in [4.78, 5) is 6.99. The van der Waals surface area contributed by atoms with Crippen LogP contribution in [-0.4, -0.2) is 40.8 Å².